The van der Waals surface area contributed by atoms with Gasteiger partial charge in [0, 0.05) is 0 Å². The van der Waals surface area contributed by atoms with Crippen LogP contribution in [-0.4, -0.2) is 5.29 Å². The Morgan fingerprint density at radius 1 is 1.80 bits per heavy atom. The van der Waals surface area contributed by atoms with Crippen molar-refractivity contribution in [2.45, 2.75) is 6.42 Å². The Balaban J connectivity index is 2.71. The van der Waals surface area contributed by atoms with Crippen LogP contribution in [0.5, 0.6) is 0 Å². The van der Waals surface area contributed by atoms with Crippen molar-refractivity contribution in [2.75, 3.05) is 0 Å². The molecule has 0 amide bonds. The lowest BCUT2D eigenvalue weighted by molar-refractivity contribution is 1.46. The molecule has 1 heteroatoms. The van der Waals surface area contributed by atoms with Gasteiger partial charge in [-0.15, -0.1) is 8.86 Å². The summed E-state index contributed by atoms with van der Waals surface area (Å²) in [6.07, 6.45) is 5.30. The molecule has 0 aromatic carbocycles. The van der Waals surface area contributed by atoms with Gasteiger partial charge in [0.15, 0.2) is 0 Å². The summed E-state index contributed by atoms with van der Waals surface area (Å²) in [6.45, 7) is 0. The smallest absolute Gasteiger partial charge is 0.00562 e. The molecule has 0 heterocycles. The van der Waals surface area contributed by atoms with Gasteiger partial charge in [-0.2, -0.15) is 0 Å². The van der Waals surface area contributed by atoms with E-state index in [1.807, 2.05) is 0 Å². The van der Waals surface area contributed by atoms with E-state index in [-0.39, 0.29) is 0 Å². The zero-order valence-electron chi connectivity index (χ0n) is 2.86. The van der Waals surface area contributed by atoms with E-state index < -0.39 is 0 Å². The summed E-state index contributed by atoms with van der Waals surface area (Å²) in [4.78, 5) is 0. The molecule has 0 unspecified atom stereocenters. The molecule has 0 atom stereocenters. The van der Waals surface area contributed by atoms with Crippen LogP contribution in [0.3, 0.4) is 0 Å². The molecule has 0 saturated carbocycles. The van der Waals surface area contributed by atoms with E-state index in [0.29, 0.717) is 0 Å². The third-order valence-electron chi connectivity index (χ3n) is 0.657. The van der Waals surface area contributed by atoms with Gasteiger partial charge in [0.05, 0.1) is 0 Å². The first kappa shape index (κ1) is 3.11. The molecule has 0 nitrogen and oxygen atoms in total. The van der Waals surface area contributed by atoms with Gasteiger partial charge in [-0.1, -0.05) is 12.2 Å². The van der Waals surface area contributed by atoms with E-state index in [0.717, 1.165) is 6.42 Å². The highest BCUT2D eigenvalue weighted by molar-refractivity contribution is 7.22. The lowest BCUT2D eigenvalue weighted by Crippen LogP contribution is -1.92. The molecule has 0 aromatic rings. The molecule has 0 aliphatic heterocycles. The topological polar surface area (TPSA) is 0 Å². The number of rotatable bonds is 0. The molecular formula is C4H5P. The van der Waals surface area contributed by atoms with Crippen molar-refractivity contribution < 1.29 is 0 Å². The molecule has 26 valence electrons. The van der Waals surface area contributed by atoms with Crippen LogP contribution in [0.1, 0.15) is 6.42 Å². The second kappa shape index (κ2) is 0.948. The second-order valence-corrected chi connectivity index (χ2v) is 1.77. The van der Waals surface area contributed by atoms with Gasteiger partial charge in [-0.05, 0) is 11.7 Å². The largest absolute Gasteiger partial charge is 0.118 e. The van der Waals surface area contributed by atoms with Gasteiger partial charge in [-0.3, -0.25) is 0 Å². The maximum absolute atomic E-state index is 3.33. The Labute approximate surface area is 33.7 Å². The maximum atomic E-state index is 3.33. The number of hydrogen-bond donors (Lipinski definition) is 0. The zero-order valence-corrected chi connectivity index (χ0v) is 3.86. The van der Waals surface area contributed by atoms with Crippen molar-refractivity contribution in [3.8, 4) is 0 Å². The normalized spacial score (nSPS) is 18.8. The molecule has 1 aliphatic carbocycles. The summed E-state index contributed by atoms with van der Waals surface area (Å²) < 4.78 is 0. The average molecular weight is 84.1 g/mol. The third-order valence-corrected chi connectivity index (χ3v) is 1.03. The number of hydrogen-bond acceptors (Lipinski definition) is 0. The lowest BCUT2D eigenvalue weighted by Gasteiger charge is -1.98. The first-order valence-electron chi connectivity index (χ1n) is 1.63. The van der Waals surface area contributed by atoms with Crippen LogP contribution < -0.4 is 0 Å². The highest BCUT2D eigenvalue weighted by atomic mass is 31.0. The van der Waals surface area contributed by atoms with Crippen LogP contribution >= 0.6 is 8.86 Å². The van der Waals surface area contributed by atoms with Crippen molar-refractivity contribution >= 4 is 14.2 Å². The van der Waals surface area contributed by atoms with Gasteiger partial charge in [0.25, 0.3) is 0 Å². The lowest BCUT2D eigenvalue weighted by atomic mass is 10.1. The van der Waals surface area contributed by atoms with Gasteiger partial charge < -0.3 is 0 Å². The van der Waals surface area contributed by atoms with Crippen LogP contribution in [-0.2, 0) is 0 Å². The maximum Gasteiger partial charge on any atom is -0.00562 e. The number of allylic oxidation sites excluding steroid dienone is 2. The van der Waals surface area contributed by atoms with E-state index in [1.54, 1.807) is 0 Å². The first-order chi connectivity index (χ1) is 2.39. The van der Waals surface area contributed by atoms with E-state index in [9.17, 15) is 0 Å². The van der Waals surface area contributed by atoms with Crippen LogP contribution in [0.2, 0.25) is 0 Å². The van der Waals surface area contributed by atoms with Gasteiger partial charge in [-0.25, -0.2) is 0 Å². The molecule has 0 saturated heterocycles. The Morgan fingerprint density at radius 2 is 2.20 bits per heavy atom. The Kier molecular flexibility index (Phi) is 0.590. The van der Waals surface area contributed by atoms with E-state index >= 15 is 0 Å². The monoisotopic (exact) mass is 84.0 g/mol. The van der Waals surface area contributed by atoms with Crippen LogP contribution in [0, 0.1) is 0 Å². The van der Waals surface area contributed by atoms with Gasteiger partial charge in [0.2, 0.25) is 0 Å². The molecule has 5 heavy (non-hydrogen) atoms. The van der Waals surface area contributed by atoms with Crippen LogP contribution in [0.4, 0.5) is 0 Å². The Bertz CT molecular complexity index is 81.6. The summed E-state index contributed by atoms with van der Waals surface area (Å²) in [5, 5.41) is 1.31. The minimum absolute atomic E-state index is 1.14. The molecule has 0 spiro atoms. The molecule has 0 bridgehead atoms. The fourth-order valence-electron chi connectivity index (χ4n) is 0.236. The summed E-state index contributed by atoms with van der Waals surface area (Å²) >= 11 is 0. The van der Waals surface area contributed by atoms with Crippen molar-refractivity contribution in [3.63, 3.8) is 0 Å². The Morgan fingerprint density at radius 3 is 2.20 bits per heavy atom. The molecule has 1 aliphatic rings. The highest BCUT2D eigenvalue weighted by Gasteiger charge is 1.91. The molecule has 0 fully saturated rings. The third kappa shape index (κ3) is 0.408. The summed E-state index contributed by atoms with van der Waals surface area (Å²) in [5.41, 5.74) is 0. The summed E-state index contributed by atoms with van der Waals surface area (Å²) in [5.74, 6) is 0. The predicted octanol–water partition coefficient (Wildman–Crippen LogP) is 1.26. The van der Waals surface area contributed by atoms with Crippen LogP contribution in [0.15, 0.2) is 12.2 Å². The molecule has 0 N–H and O–H groups in total. The summed E-state index contributed by atoms with van der Waals surface area (Å²) in [7, 11) is 3.33. The molecule has 0 radical (unpaired) electrons. The quantitative estimate of drug-likeness (QED) is 0.387. The van der Waals surface area contributed by atoms with E-state index in [2.05, 4.69) is 21.0 Å². The van der Waals surface area contributed by atoms with Crippen molar-refractivity contribution in [3.05, 3.63) is 12.2 Å². The predicted molar refractivity (Wildman–Crippen MR) is 27.1 cm³/mol. The van der Waals surface area contributed by atoms with Gasteiger partial charge in [0.1, 0.15) is 0 Å². The molecule has 1 rings (SSSR count). The SMILES string of the molecule is P=C1C=CC1. The molecule has 0 aromatic heterocycles. The second-order valence-electron chi connectivity index (χ2n) is 1.13. The van der Waals surface area contributed by atoms with Crippen molar-refractivity contribution in [1.82, 2.24) is 0 Å². The van der Waals surface area contributed by atoms with Crippen LogP contribution in [0.25, 0.3) is 0 Å². The first-order valence-corrected chi connectivity index (χ1v) is 2.13. The Hall–Kier alpha value is -0.0900. The summed E-state index contributed by atoms with van der Waals surface area (Å²) in [6, 6.07) is 0. The zero-order chi connectivity index (χ0) is 3.70. The van der Waals surface area contributed by atoms with Gasteiger partial charge >= 0.3 is 0 Å². The minimum Gasteiger partial charge on any atom is -0.118 e. The van der Waals surface area contributed by atoms with Crippen molar-refractivity contribution in [2.24, 2.45) is 0 Å². The highest BCUT2D eigenvalue weighted by Crippen LogP contribution is 2.02. The minimum atomic E-state index is 1.14. The molecular weight excluding hydrogens is 79.0 g/mol. The standard InChI is InChI=1S/C4H5P/c5-4-2-1-3-4/h1-2,5H,3H2. The average Bonchev–Trinajstić information content (AvgIpc) is 1.30. The fraction of sp³-hybridized carbons (Fsp3) is 0.250. The van der Waals surface area contributed by atoms with Crippen molar-refractivity contribution in [1.29, 1.82) is 0 Å². The van der Waals surface area contributed by atoms with E-state index in [1.165, 1.54) is 5.29 Å². The fourth-order valence-corrected chi connectivity index (χ4v) is 0.471. The van der Waals surface area contributed by atoms with E-state index in [4.69, 9.17) is 0 Å².